The molecule has 174 valence electrons. The minimum atomic E-state index is -4.44. The van der Waals surface area contributed by atoms with Crippen LogP contribution in [0.15, 0.2) is 36.7 Å². The predicted octanol–water partition coefficient (Wildman–Crippen LogP) is 3.13. The van der Waals surface area contributed by atoms with E-state index in [1.54, 1.807) is 4.90 Å². The first-order valence-electron chi connectivity index (χ1n) is 10.8. The number of aromatic nitrogens is 3. The van der Waals surface area contributed by atoms with Crippen molar-refractivity contribution in [3.05, 3.63) is 47.8 Å². The fourth-order valence-corrected chi connectivity index (χ4v) is 4.00. The second-order valence-corrected chi connectivity index (χ2v) is 8.59. The van der Waals surface area contributed by atoms with Crippen molar-refractivity contribution in [3.63, 3.8) is 0 Å². The van der Waals surface area contributed by atoms with Crippen LogP contribution in [0, 0.1) is 23.2 Å². The summed E-state index contributed by atoms with van der Waals surface area (Å²) in [6.07, 6.45) is 0.0759. The van der Waals surface area contributed by atoms with Crippen molar-refractivity contribution in [1.29, 1.82) is 5.26 Å². The Kier molecular flexibility index (Phi) is 5.23. The van der Waals surface area contributed by atoms with E-state index in [2.05, 4.69) is 26.3 Å². The number of amides is 2. The Hall–Kier alpha value is -3.94. The van der Waals surface area contributed by atoms with Crippen molar-refractivity contribution in [2.45, 2.75) is 25.1 Å². The Bertz CT molecular complexity index is 1300. The lowest BCUT2D eigenvalue weighted by atomic mass is 9.99. The Morgan fingerprint density at radius 3 is 2.53 bits per heavy atom. The molecule has 1 atom stereocenters. The normalized spacial score (nSPS) is 17.2. The largest absolute Gasteiger partial charge is 0.416 e. The summed E-state index contributed by atoms with van der Waals surface area (Å²) in [4.78, 5) is 39.1. The molecule has 2 aliphatic rings. The summed E-state index contributed by atoms with van der Waals surface area (Å²) in [5.74, 6) is -0.810. The van der Waals surface area contributed by atoms with Gasteiger partial charge < -0.3 is 15.2 Å². The number of fused-ring (bicyclic) bond motifs is 1. The number of nitrogens with one attached hydrogen (secondary N) is 2. The summed E-state index contributed by atoms with van der Waals surface area (Å²) in [6, 6.07) is 5.97. The van der Waals surface area contributed by atoms with Crippen LogP contribution in [0.5, 0.6) is 0 Å². The average molecular weight is 468 g/mol. The van der Waals surface area contributed by atoms with E-state index in [0.717, 1.165) is 25.0 Å². The molecule has 2 aromatic heterocycles. The lowest BCUT2D eigenvalue weighted by molar-refractivity contribution is -0.139. The molecule has 1 saturated heterocycles. The smallest absolute Gasteiger partial charge is 0.344 e. The third-order valence-electron chi connectivity index (χ3n) is 6.16. The number of carbonyl (C=O) groups excluding carboxylic acids is 2. The molecular formula is C23H19F3N6O2. The Balaban J connectivity index is 1.37. The van der Waals surface area contributed by atoms with E-state index < -0.39 is 23.7 Å². The predicted molar refractivity (Wildman–Crippen MR) is 114 cm³/mol. The van der Waals surface area contributed by atoms with E-state index in [0.29, 0.717) is 30.0 Å². The Morgan fingerprint density at radius 2 is 1.91 bits per heavy atom. The summed E-state index contributed by atoms with van der Waals surface area (Å²) >= 11 is 0. The number of halogens is 3. The number of H-pyrrole nitrogens is 1. The van der Waals surface area contributed by atoms with E-state index in [-0.39, 0.29) is 28.8 Å². The maximum atomic E-state index is 13.1. The van der Waals surface area contributed by atoms with Crippen LogP contribution in [0.3, 0.4) is 0 Å². The van der Waals surface area contributed by atoms with E-state index in [1.165, 1.54) is 24.5 Å². The molecule has 2 amide bonds. The number of aromatic amines is 1. The van der Waals surface area contributed by atoms with Crippen LogP contribution >= 0.6 is 0 Å². The van der Waals surface area contributed by atoms with Gasteiger partial charge in [-0.15, -0.1) is 0 Å². The number of likely N-dealkylation sites (tertiary alicyclic amines) is 1. The zero-order valence-corrected chi connectivity index (χ0v) is 17.8. The SMILES string of the molecule is N#CC1CN(C(=O)[C@H](NC(=O)c2c[nH]c3ncc(-c4ccc(C(F)(F)F)cc4)nc23)C2CC2)C1. The maximum Gasteiger partial charge on any atom is 0.416 e. The van der Waals surface area contributed by atoms with Gasteiger partial charge in [0, 0.05) is 24.8 Å². The first-order valence-corrected chi connectivity index (χ1v) is 10.8. The first-order chi connectivity index (χ1) is 16.2. The maximum absolute atomic E-state index is 13.1. The molecule has 1 aliphatic carbocycles. The van der Waals surface area contributed by atoms with E-state index in [4.69, 9.17) is 5.26 Å². The second-order valence-electron chi connectivity index (χ2n) is 8.59. The fourth-order valence-electron chi connectivity index (χ4n) is 4.00. The molecule has 0 radical (unpaired) electrons. The highest BCUT2D eigenvalue weighted by molar-refractivity contribution is 6.06. The fraction of sp³-hybridized carbons (Fsp3) is 0.348. The quantitative estimate of drug-likeness (QED) is 0.597. The van der Waals surface area contributed by atoms with Gasteiger partial charge in [0.25, 0.3) is 5.91 Å². The van der Waals surface area contributed by atoms with Crippen molar-refractivity contribution < 1.29 is 22.8 Å². The molecule has 1 aromatic carbocycles. The minimum absolute atomic E-state index is 0.0524. The van der Waals surface area contributed by atoms with Gasteiger partial charge in [0.1, 0.15) is 11.6 Å². The van der Waals surface area contributed by atoms with Gasteiger partial charge in [-0.2, -0.15) is 18.4 Å². The summed E-state index contributed by atoms with van der Waals surface area (Å²) < 4.78 is 38.5. The summed E-state index contributed by atoms with van der Waals surface area (Å²) in [7, 11) is 0. The average Bonchev–Trinajstić information content (AvgIpc) is 3.54. The van der Waals surface area contributed by atoms with Crippen LogP contribution < -0.4 is 5.32 Å². The molecule has 0 spiro atoms. The number of carbonyl (C=O) groups is 2. The zero-order chi connectivity index (χ0) is 24.0. The van der Waals surface area contributed by atoms with Crippen molar-refractivity contribution in [3.8, 4) is 17.3 Å². The molecule has 2 fully saturated rings. The van der Waals surface area contributed by atoms with Gasteiger partial charge in [0.05, 0.1) is 35.0 Å². The van der Waals surface area contributed by atoms with Crippen LogP contribution in [0.4, 0.5) is 13.2 Å². The van der Waals surface area contributed by atoms with Gasteiger partial charge in [-0.1, -0.05) is 12.1 Å². The van der Waals surface area contributed by atoms with Crippen LogP contribution in [0.1, 0.15) is 28.8 Å². The lowest BCUT2D eigenvalue weighted by Crippen LogP contribution is -2.57. The van der Waals surface area contributed by atoms with Gasteiger partial charge in [0.15, 0.2) is 5.65 Å². The van der Waals surface area contributed by atoms with Crippen molar-refractivity contribution in [1.82, 2.24) is 25.2 Å². The molecule has 11 heteroatoms. The van der Waals surface area contributed by atoms with E-state index >= 15 is 0 Å². The van der Waals surface area contributed by atoms with Crippen molar-refractivity contribution in [2.24, 2.45) is 11.8 Å². The number of benzene rings is 1. The number of alkyl halides is 3. The third kappa shape index (κ3) is 4.07. The number of nitriles is 1. The van der Waals surface area contributed by atoms with E-state index in [1.807, 2.05) is 0 Å². The van der Waals surface area contributed by atoms with Crippen LogP contribution in [0.2, 0.25) is 0 Å². The zero-order valence-electron chi connectivity index (χ0n) is 17.8. The van der Waals surface area contributed by atoms with Gasteiger partial charge in [-0.3, -0.25) is 9.59 Å². The van der Waals surface area contributed by atoms with Crippen molar-refractivity contribution in [2.75, 3.05) is 13.1 Å². The third-order valence-corrected chi connectivity index (χ3v) is 6.16. The number of nitrogens with zero attached hydrogens (tertiary/aromatic N) is 4. The second kappa shape index (κ2) is 8.13. The lowest BCUT2D eigenvalue weighted by Gasteiger charge is -2.37. The molecule has 8 nitrogen and oxygen atoms in total. The van der Waals surface area contributed by atoms with Gasteiger partial charge in [0.2, 0.25) is 5.91 Å². The Morgan fingerprint density at radius 1 is 1.21 bits per heavy atom. The molecule has 0 unspecified atom stereocenters. The highest BCUT2D eigenvalue weighted by atomic mass is 19.4. The molecule has 2 N–H and O–H groups in total. The molecular weight excluding hydrogens is 449 g/mol. The highest BCUT2D eigenvalue weighted by Crippen LogP contribution is 2.35. The molecule has 5 rings (SSSR count). The summed E-state index contributed by atoms with van der Waals surface area (Å²) in [5, 5.41) is 11.8. The van der Waals surface area contributed by atoms with Gasteiger partial charge in [-0.05, 0) is 30.9 Å². The van der Waals surface area contributed by atoms with Crippen LogP contribution in [-0.2, 0) is 11.0 Å². The molecule has 0 bridgehead atoms. The molecule has 1 aliphatic heterocycles. The van der Waals surface area contributed by atoms with Crippen LogP contribution in [-0.4, -0.2) is 50.8 Å². The number of rotatable bonds is 5. The summed E-state index contributed by atoms with van der Waals surface area (Å²) in [5.41, 5.74) is 0.748. The molecule has 1 saturated carbocycles. The molecule has 3 heterocycles. The summed E-state index contributed by atoms with van der Waals surface area (Å²) in [6.45, 7) is 0.729. The topological polar surface area (TPSA) is 115 Å². The monoisotopic (exact) mass is 468 g/mol. The van der Waals surface area contributed by atoms with Gasteiger partial charge in [-0.25, -0.2) is 9.97 Å². The minimum Gasteiger partial charge on any atom is -0.344 e. The first kappa shape index (κ1) is 21.9. The van der Waals surface area contributed by atoms with Crippen LogP contribution in [0.25, 0.3) is 22.4 Å². The number of hydrogen-bond donors (Lipinski definition) is 2. The number of hydrogen-bond acceptors (Lipinski definition) is 5. The van der Waals surface area contributed by atoms with Gasteiger partial charge >= 0.3 is 6.18 Å². The standard InChI is InChI=1S/C23H19F3N6O2/c24-23(25,26)15-5-3-13(4-6-15)17-9-29-20-19(30-17)16(8-28-20)21(33)31-18(14-1-2-14)22(34)32-10-12(7-27)11-32/h3-6,8-9,12,14,18H,1-2,10-11H2,(H,28,29)(H,31,33)/t18-/m1/s1. The molecule has 34 heavy (non-hydrogen) atoms. The highest BCUT2D eigenvalue weighted by Gasteiger charge is 2.43. The van der Waals surface area contributed by atoms with E-state index in [9.17, 15) is 22.8 Å². The van der Waals surface area contributed by atoms with Crippen molar-refractivity contribution >= 4 is 23.0 Å². The Labute approximate surface area is 191 Å². The molecule has 3 aromatic rings.